The Balaban J connectivity index is 2.18. The third kappa shape index (κ3) is 4.24. The largest absolute Gasteiger partial charge is 0.294 e. The molecule has 21 heavy (non-hydrogen) atoms. The second kappa shape index (κ2) is 6.79. The lowest BCUT2D eigenvalue weighted by atomic mass is 9.91. The highest BCUT2D eigenvalue weighted by Crippen LogP contribution is 2.22. The molecule has 0 aliphatic carbocycles. The molecule has 0 radical (unpaired) electrons. The third-order valence-corrected chi connectivity index (χ3v) is 3.45. The number of ketones is 1. The number of hydrogen-bond acceptors (Lipinski definition) is 3. The van der Waals surface area contributed by atoms with Gasteiger partial charge in [-0.15, -0.1) is 0 Å². The molecular formula is C17H17NO3. The molecule has 2 rings (SSSR count). The van der Waals surface area contributed by atoms with Gasteiger partial charge >= 0.3 is 0 Å². The van der Waals surface area contributed by atoms with Gasteiger partial charge in [0.1, 0.15) is 0 Å². The van der Waals surface area contributed by atoms with Crippen LogP contribution in [0.1, 0.15) is 33.8 Å². The highest BCUT2D eigenvalue weighted by atomic mass is 16.6. The van der Waals surface area contributed by atoms with E-state index in [-0.39, 0.29) is 23.7 Å². The van der Waals surface area contributed by atoms with Crippen LogP contribution in [-0.2, 0) is 0 Å². The average Bonchev–Trinajstić information content (AvgIpc) is 2.48. The van der Waals surface area contributed by atoms with Crippen LogP contribution in [0.2, 0.25) is 0 Å². The van der Waals surface area contributed by atoms with Crippen LogP contribution in [0.4, 0.5) is 0 Å². The van der Waals surface area contributed by atoms with Gasteiger partial charge in [0.25, 0.3) is 0 Å². The van der Waals surface area contributed by atoms with E-state index in [1.165, 1.54) is 0 Å². The van der Waals surface area contributed by atoms with E-state index in [1.54, 1.807) is 24.3 Å². The number of Topliss-reactive ketones (excluding diaryl/α,β-unsaturated/α-hetero) is 1. The zero-order valence-corrected chi connectivity index (χ0v) is 11.9. The number of carbonyl (C=O) groups excluding carboxylic acids is 1. The SMILES string of the molecule is Cc1ccc(C(CC(=O)c2ccccc2)C[N+](=O)[O-])cc1. The second-order valence-corrected chi connectivity index (χ2v) is 5.12. The van der Waals surface area contributed by atoms with Crippen LogP contribution in [0.5, 0.6) is 0 Å². The summed E-state index contributed by atoms with van der Waals surface area (Å²) in [6.45, 7) is 1.73. The number of rotatable bonds is 6. The normalized spacial score (nSPS) is 11.9. The van der Waals surface area contributed by atoms with Crippen LogP contribution in [0.25, 0.3) is 0 Å². The van der Waals surface area contributed by atoms with Crippen molar-refractivity contribution in [2.24, 2.45) is 0 Å². The topological polar surface area (TPSA) is 60.2 Å². The molecule has 1 atom stereocenters. The van der Waals surface area contributed by atoms with Crippen LogP contribution in [-0.4, -0.2) is 17.3 Å². The number of nitrogens with zero attached hydrogens (tertiary/aromatic N) is 1. The fourth-order valence-electron chi connectivity index (χ4n) is 2.27. The van der Waals surface area contributed by atoms with Gasteiger partial charge < -0.3 is 0 Å². The summed E-state index contributed by atoms with van der Waals surface area (Å²) < 4.78 is 0. The monoisotopic (exact) mass is 283 g/mol. The molecule has 0 aromatic heterocycles. The number of carbonyl (C=O) groups is 1. The summed E-state index contributed by atoms with van der Waals surface area (Å²) in [6, 6.07) is 16.4. The molecule has 0 spiro atoms. The van der Waals surface area contributed by atoms with Crippen molar-refractivity contribution in [2.45, 2.75) is 19.3 Å². The Morgan fingerprint density at radius 2 is 1.71 bits per heavy atom. The maximum absolute atomic E-state index is 12.3. The van der Waals surface area contributed by atoms with E-state index < -0.39 is 5.92 Å². The summed E-state index contributed by atoms with van der Waals surface area (Å²) in [5.74, 6) is -0.462. The standard InChI is InChI=1S/C17H17NO3/c1-13-7-9-14(10-8-13)16(12-18(20)21)11-17(19)15-5-3-2-4-6-15/h2-10,16H,11-12H2,1H3. The van der Waals surface area contributed by atoms with Gasteiger partial charge in [-0.1, -0.05) is 60.2 Å². The van der Waals surface area contributed by atoms with E-state index in [2.05, 4.69) is 0 Å². The second-order valence-electron chi connectivity index (χ2n) is 5.12. The van der Waals surface area contributed by atoms with Gasteiger partial charge in [0.05, 0.1) is 5.92 Å². The number of benzene rings is 2. The Kier molecular flexibility index (Phi) is 4.82. The molecule has 0 amide bonds. The molecule has 0 saturated heterocycles. The van der Waals surface area contributed by atoms with Crippen molar-refractivity contribution in [1.29, 1.82) is 0 Å². The van der Waals surface area contributed by atoms with Gasteiger partial charge in [0.15, 0.2) is 5.78 Å². The quantitative estimate of drug-likeness (QED) is 0.462. The van der Waals surface area contributed by atoms with Gasteiger partial charge in [-0.3, -0.25) is 14.9 Å². The molecule has 0 N–H and O–H groups in total. The number of nitro groups is 1. The van der Waals surface area contributed by atoms with Gasteiger partial charge in [-0.2, -0.15) is 0 Å². The smallest absolute Gasteiger partial charge is 0.211 e. The Bertz CT molecular complexity index is 620. The highest BCUT2D eigenvalue weighted by Gasteiger charge is 2.22. The fourth-order valence-corrected chi connectivity index (χ4v) is 2.27. The summed E-state index contributed by atoms with van der Waals surface area (Å²) in [5, 5.41) is 10.9. The van der Waals surface area contributed by atoms with Gasteiger partial charge in [-0.05, 0) is 12.5 Å². The minimum atomic E-state index is -0.395. The fraction of sp³-hybridized carbons (Fsp3) is 0.235. The van der Waals surface area contributed by atoms with Crippen molar-refractivity contribution in [3.8, 4) is 0 Å². The summed E-state index contributed by atoms with van der Waals surface area (Å²) in [6.07, 6.45) is 0.147. The lowest BCUT2D eigenvalue weighted by Crippen LogP contribution is -2.16. The van der Waals surface area contributed by atoms with E-state index in [1.807, 2.05) is 37.3 Å². The highest BCUT2D eigenvalue weighted by molar-refractivity contribution is 5.96. The van der Waals surface area contributed by atoms with Gasteiger partial charge in [0, 0.05) is 16.9 Å². The van der Waals surface area contributed by atoms with Crippen molar-refractivity contribution < 1.29 is 9.72 Å². The average molecular weight is 283 g/mol. The first-order valence-electron chi connectivity index (χ1n) is 6.83. The van der Waals surface area contributed by atoms with Gasteiger partial charge in [-0.25, -0.2) is 0 Å². The maximum Gasteiger partial charge on any atom is 0.211 e. The predicted molar refractivity (Wildman–Crippen MR) is 81.2 cm³/mol. The predicted octanol–water partition coefficient (Wildman–Crippen LogP) is 3.63. The van der Waals surface area contributed by atoms with Crippen molar-refractivity contribution in [3.63, 3.8) is 0 Å². The van der Waals surface area contributed by atoms with E-state index in [9.17, 15) is 14.9 Å². The van der Waals surface area contributed by atoms with E-state index in [0.29, 0.717) is 5.56 Å². The molecule has 4 heteroatoms. The van der Waals surface area contributed by atoms with Crippen molar-refractivity contribution >= 4 is 5.78 Å². The summed E-state index contributed by atoms with van der Waals surface area (Å²) in [4.78, 5) is 22.8. The Labute approximate surface area is 123 Å². The van der Waals surface area contributed by atoms with Crippen LogP contribution >= 0.6 is 0 Å². The zero-order valence-electron chi connectivity index (χ0n) is 11.9. The lowest BCUT2D eigenvalue weighted by molar-refractivity contribution is -0.483. The number of hydrogen-bond donors (Lipinski definition) is 0. The van der Waals surface area contributed by atoms with Gasteiger partial charge in [0.2, 0.25) is 6.54 Å². The van der Waals surface area contributed by atoms with E-state index >= 15 is 0 Å². The maximum atomic E-state index is 12.3. The first-order valence-corrected chi connectivity index (χ1v) is 6.83. The van der Waals surface area contributed by atoms with E-state index in [0.717, 1.165) is 11.1 Å². The summed E-state index contributed by atoms with van der Waals surface area (Å²) >= 11 is 0. The summed E-state index contributed by atoms with van der Waals surface area (Å²) in [7, 11) is 0. The first-order chi connectivity index (χ1) is 10.1. The zero-order chi connectivity index (χ0) is 15.2. The number of aryl methyl sites for hydroxylation is 1. The Morgan fingerprint density at radius 3 is 2.29 bits per heavy atom. The molecule has 4 nitrogen and oxygen atoms in total. The Morgan fingerprint density at radius 1 is 1.10 bits per heavy atom. The van der Waals surface area contributed by atoms with E-state index in [4.69, 9.17) is 0 Å². The molecule has 0 fully saturated rings. The minimum absolute atomic E-state index is 0.0666. The Hall–Kier alpha value is -2.49. The molecule has 0 bridgehead atoms. The van der Waals surface area contributed by atoms with Crippen LogP contribution < -0.4 is 0 Å². The van der Waals surface area contributed by atoms with Crippen molar-refractivity contribution in [1.82, 2.24) is 0 Å². The molecule has 1 unspecified atom stereocenters. The molecular weight excluding hydrogens is 266 g/mol. The molecule has 2 aromatic rings. The van der Waals surface area contributed by atoms with Crippen molar-refractivity contribution in [2.75, 3.05) is 6.54 Å². The molecule has 2 aromatic carbocycles. The molecule has 0 aliphatic heterocycles. The van der Waals surface area contributed by atoms with Crippen LogP contribution in [0.3, 0.4) is 0 Å². The molecule has 0 aliphatic rings. The first kappa shape index (κ1) is 14.9. The molecule has 0 heterocycles. The third-order valence-electron chi connectivity index (χ3n) is 3.45. The minimum Gasteiger partial charge on any atom is -0.294 e. The van der Waals surface area contributed by atoms with Crippen molar-refractivity contribution in [3.05, 3.63) is 81.4 Å². The van der Waals surface area contributed by atoms with Crippen LogP contribution in [0.15, 0.2) is 54.6 Å². The molecule has 108 valence electrons. The van der Waals surface area contributed by atoms with Crippen LogP contribution in [0, 0.1) is 17.0 Å². The summed E-state index contributed by atoms with van der Waals surface area (Å²) in [5.41, 5.74) is 2.52. The molecule has 0 saturated carbocycles. The lowest BCUT2D eigenvalue weighted by Gasteiger charge is -2.13.